The summed E-state index contributed by atoms with van der Waals surface area (Å²) < 4.78 is 1.32. The van der Waals surface area contributed by atoms with Crippen molar-refractivity contribution in [3.05, 3.63) is 28.9 Å². The number of hydrogen-bond donors (Lipinski definition) is 1. The summed E-state index contributed by atoms with van der Waals surface area (Å²) >= 11 is 5.57. The summed E-state index contributed by atoms with van der Waals surface area (Å²) in [5.74, 6) is 1.13. The molecule has 0 spiro atoms. The Morgan fingerprint density at radius 1 is 1.40 bits per heavy atom. The zero-order valence-electron chi connectivity index (χ0n) is 11.7. The Morgan fingerprint density at radius 3 is 2.95 bits per heavy atom. The molecular weight excluding hydrogens is 334 g/mol. The van der Waals surface area contributed by atoms with Gasteiger partial charge in [-0.2, -0.15) is 11.8 Å². The maximum Gasteiger partial charge on any atom is 0.0745 e. The quantitative estimate of drug-likeness (QED) is 0.845. The fourth-order valence-corrected chi connectivity index (χ4v) is 4.20. The van der Waals surface area contributed by atoms with Crippen molar-refractivity contribution in [1.29, 1.82) is 0 Å². The summed E-state index contributed by atoms with van der Waals surface area (Å²) in [6, 6.07) is 6.17. The van der Waals surface area contributed by atoms with Gasteiger partial charge in [-0.1, -0.05) is 15.9 Å². The first-order valence-corrected chi connectivity index (χ1v) is 8.47. The first-order chi connectivity index (χ1) is 9.46. The number of nitrogens with two attached hydrogens (primary N) is 1. The molecule has 1 aromatic carbocycles. The van der Waals surface area contributed by atoms with Gasteiger partial charge in [0.15, 0.2) is 0 Å². The first kappa shape index (κ1) is 14.0. The molecule has 2 heterocycles. The molecule has 0 unspecified atom stereocenters. The van der Waals surface area contributed by atoms with E-state index in [0.717, 1.165) is 45.6 Å². The highest BCUT2D eigenvalue weighted by Crippen LogP contribution is 2.38. The number of halogens is 1. The molecule has 0 aliphatic carbocycles. The van der Waals surface area contributed by atoms with Gasteiger partial charge in [-0.25, -0.2) is 0 Å². The fourth-order valence-electron chi connectivity index (χ4n) is 2.73. The molecule has 0 atom stereocenters. The molecule has 5 heteroatoms. The van der Waals surface area contributed by atoms with Crippen molar-refractivity contribution in [2.75, 3.05) is 29.5 Å². The second-order valence-corrected chi connectivity index (χ2v) is 8.47. The molecule has 2 N–H and O–H groups in total. The van der Waals surface area contributed by atoms with Crippen LogP contribution in [0.5, 0.6) is 0 Å². The molecule has 106 valence electrons. The highest BCUT2D eigenvalue weighted by Gasteiger charge is 2.29. The Labute approximate surface area is 132 Å². The second kappa shape index (κ2) is 5.11. The van der Waals surface area contributed by atoms with E-state index >= 15 is 0 Å². The Bertz CT molecular complexity index is 652. The average molecular weight is 352 g/mol. The topological polar surface area (TPSA) is 42.1 Å². The molecule has 0 amide bonds. The Kier molecular flexibility index (Phi) is 3.58. The van der Waals surface area contributed by atoms with Crippen LogP contribution in [0, 0.1) is 0 Å². The van der Waals surface area contributed by atoms with E-state index in [4.69, 9.17) is 5.73 Å². The smallest absolute Gasteiger partial charge is 0.0745 e. The van der Waals surface area contributed by atoms with Crippen LogP contribution in [0.25, 0.3) is 10.9 Å². The molecular formula is C15H18BrN3S. The number of nitrogens with zero attached hydrogens (tertiary/aromatic N) is 2. The molecule has 1 saturated heterocycles. The minimum Gasteiger partial charge on any atom is -0.396 e. The van der Waals surface area contributed by atoms with E-state index in [1.54, 1.807) is 6.20 Å². The normalized spacial score (nSPS) is 18.4. The van der Waals surface area contributed by atoms with Gasteiger partial charge in [0.1, 0.15) is 0 Å². The summed E-state index contributed by atoms with van der Waals surface area (Å²) in [6.45, 7) is 6.62. The van der Waals surface area contributed by atoms with Crippen molar-refractivity contribution in [3.63, 3.8) is 0 Å². The summed E-state index contributed by atoms with van der Waals surface area (Å²) in [4.78, 5) is 6.84. The summed E-state index contributed by atoms with van der Waals surface area (Å²) in [6.07, 6.45) is 1.78. The SMILES string of the molecule is CC1(C)CN(c2c(N)cnc3ccc(Br)cc23)CCS1. The van der Waals surface area contributed by atoms with Crippen LogP contribution in [-0.4, -0.2) is 28.6 Å². The number of fused-ring (bicyclic) bond motifs is 1. The first-order valence-electron chi connectivity index (χ1n) is 6.69. The molecule has 1 aliphatic rings. The molecule has 1 fully saturated rings. The lowest BCUT2D eigenvalue weighted by Gasteiger charge is -2.39. The third kappa shape index (κ3) is 2.61. The molecule has 20 heavy (non-hydrogen) atoms. The van der Waals surface area contributed by atoms with E-state index in [0.29, 0.717) is 0 Å². The van der Waals surface area contributed by atoms with Crippen molar-refractivity contribution < 1.29 is 0 Å². The van der Waals surface area contributed by atoms with Crippen LogP contribution in [0.4, 0.5) is 11.4 Å². The summed E-state index contributed by atoms with van der Waals surface area (Å²) in [7, 11) is 0. The number of nitrogen functional groups attached to an aromatic ring is 1. The van der Waals surface area contributed by atoms with Crippen LogP contribution in [0.15, 0.2) is 28.9 Å². The van der Waals surface area contributed by atoms with E-state index in [9.17, 15) is 0 Å². The molecule has 1 aromatic heterocycles. The van der Waals surface area contributed by atoms with Gasteiger partial charge in [-0.05, 0) is 32.0 Å². The van der Waals surface area contributed by atoms with Crippen LogP contribution in [-0.2, 0) is 0 Å². The van der Waals surface area contributed by atoms with Crippen LogP contribution in [0.2, 0.25) is 0 Å². The number of rotatable bonds is 1. The molecule has 1 aliphatic heterocycles. The zero-order valence-corrected chi connectivity index (χ0v) is 14.1. The minimum absolute atomic E-state index is 0.256. The number of hydrogen-bond acceptors (Lipinski definition) is 4. The zero-order chi connectivity index (χ0) is 14.3. The van der Waals surface area contributed by atoms with E-state index in [1.165, 1.54) is 0 Å². The standard InChI is InChI=1S/C15H18BrN3S/c1-15(2)9-19(5-6-20-15)14-11-7-10(16)3-4-13(11)18-8-12(14)17/h3-4,7-8H,5-6,9,17H2,1-2H3. The molecule has 2 aromatic rings. The van der Waals surface area contributed by atoms with E-state index in [-0.39, 0.29) is 4.75 Å². The predicted molar refractivity (Wildman–Crippen MR) is 92.6 cm³/mol. The Hall–Kier alpha value is -0.940. The Morgan fingerprint density at radius 2 is 2.20 bits per heavy atom. The van der Waals surface area contributed by atoms with Gasteiger partial charge in [0.25, 0.3) is 0 Å². The maximum atomic E-state index is 6.23. The van der Waals surface area contributed by atoms with Crippen LogP contribution >= 0.6 is 27.7 Å². The average Bonchev–Trinajstić information content (AvgIpc) is 2.37. The second-order valence-electron chi connectivity index (χ2n) is 5.75. The van der Waals surface area contributed by atoms with Crippen LogP contribution < -0.4 is 10.6 Å². The molecule has 0 saturated carbocycles. The fraction of sp³-hybridized carbons (Fsp3) is 0.400. The van der Waals surface area contributed by atoms with Crippen LogP contribution in [0.1, 0.15) is 13.8 Å². The summed E-state index contributed by atoms with van der Waals surface area (Å²) in [5.41, 5.74) is 9.12. The van der Waals surface area contributed by atoms with Gasteiger partial charge in [-0.15, -0.1) is 0 Å². The lowest BCUT2D eigenvalue weighted by molar-refractivity contribution is 0.649. The van der Waals surface area contributed by atoms with Crippen molar-refractivity contribution in [1.82, 2.24) is 4.98 Å². The highest BCUT2D eigenvalue weighted by molar-refractivity contribution is 9.10. The lowest BCUT2D eigenvalue weighted by Crippen LogP contribution is -2.43. The van der Waals surface area contributed by atoms with Gasteiger partial charge in [0.05, 0.1) is 23.1 Å². The maximum absolute atomic E-state index is 6.23. The molecule has 0 bridgehead atoms. The van der Waals surface area contributed by atoms with Crippen molar-refractivity contribution >= 4 is 50.0 Å². The van der Waals surface area contributed by atoms with Gasteiger partial charge in [0, 0.05) is 33.4 Å². The van der Waals surface area contributed by atoms with Crippen molar-refractivity contribution in [2.45, 2.75) is 18.6 Å². The third-order valence-corrected chi connectivity index (χ3v) is 5.36. The van der Waals surface area contributed by atoms with E-state index in [1.807, 2.05) is 23.9 Å². The third-order valence-electron chi connectivity index (χ3n) is 3.57. The monoisotopic (exact) mass is 351 g/mol. The molecule has 3 nitrogen and oxygen atoms in total. The number of pyridine rings is 1. The van der Waals surface area contributed by atoms with Gasteiger partial charge in [0.2, 0.25) is 0 Å². The van der Waals surface area contributed by atoms with Crippen molar-refractivity contribution in [2.24, 2.45) is 0 Å². The number of aromatic nitrogens is 1. The van der Waals surface area contributed by atoms with Crippen LogP contribution in [0.3, 0.4) is 0 Å². The van der Waals surface area contributed by atoms with Crippen molar-refractivity contribution in [3.8, 4) is 0 Å². The predicted octanol–water partition coefficient (Wildman–Crippen LogP) is 3.91. The lowest BCUT2D eigenvalue weighted by atomic mass is 10.1. The molecule has 3 rings (SSSR count). The van der Waals surface area contributed by atoms with E-state index in [2.05, 4.69) is 45.7 Å². The molecule has 0 radical (unpaired) electrons. The van der Waals surface area contributed by atoms with Gasteiger partial charge < -0.3 is 10.6 Å². The summed E-state index contributed by atoms with van der Waals surface area (Å²) in [5, 5.41) is 1.13. The highest BCUT2D eigenvalue weighted by atomic mass is 79.9. The largest absolute Gasteiger partial charge is 0.396 e. The van der Waals surface area contributed by atoms with Gasteiger partial charge >= 0.3 is 0 Å². The number of anilines is 2. The van der Waals surface area contributed by atoms with Gasteiger partial charge in [-0.3, -0.25) is 4.98 Å². The van der Waals surface area contributed by atoms with E-state index < -0.39 is 0 Å². The number of benzene rings is 1. The number of thioether (sulfide) groups is 1. The Balaban J connectivity index is 2.14. The minimum atomic E-state index is 0.256.